The van der Waals surface area contributed by atoms with Crippen LogP contribution in [-0.2, 0) is 17.8 Å². The predicted molar refractivity (Wildman–Crippen MR) is 71.2 cm³/mol. The highest BCUT2D eigenvalue weighted by Gasteiger charge is 2.03. The molecule has 1 aromatic heterocycles. The molecule has 0 atom stereocenters. The van der Waals surface area contributed by atoms with Crippen LogP contribution in [0.15, 0.2) is 30.5 Å². The Balaban J connectivity index is 2.14. The molecule has 2 aromatic rings. The standard InChI is InChI=1S/C14H20N2O/c1-3-16-9-7-13-12(5-4-6-14(13)16)11-15-8-10-17-2/h4-7,9,15H,3,8,10-11H2,1-2H3. The summed E-state index contributed by atoms with van der Waals surface area (Å²) in [4.78, 5) is 0. The Morgan fingerprint density at radius 3 is 2.94 bits per heavy atom. The molecule has 0 spiro atoms. The third-order valence-corrected chi connectivity index (χ3v) is 3.04. The van der Waals surface area contributed by atoms with Gasteiger partial charge in [-0.25, -0.2) is 0 Å². The Hall–Kier alpha value is -1.32. The molecular weight excluding hydrogens is 212 g/mol. The third kappa shape index (κ3) is 2.68. The summed E-state index contributed by atoms with van der Waals surface area (Å²) in [5, 5.41) is 4.73. The second-order valence-electron chi connectivity index (χ2n) is 4.12. The number of nitrogens with zero attached hydrogens (tertiary/aromatic N) is 1. The van der Waals surface area contributed by atoms with Gasteiger partial charge in [-0.1, -0.05) is 12.1 Å². The van der Waals surface area contributed by atoms with Crippen molar-refractivity contribution in [3.05, 3.63) is 36.0 Å². The Bertz CT molecular complexity index is 476. The van der Waals surface area contributed by atoms with Crippen LogP contribution < -0.4 is 5.32 Å². The molecule has 0 unspecified atom stereocenters. The molecule has 0 amide bonds. The summed E-state index contributed by atoms with van der Waals surface area (Å²) in [5.41, 5.74) is 2.67. The van der Waals surface area contributed by atoms with E-state index in [1.807, 2.05) is 0 Å². The Morgan fingerprint density at radius 2 is 2.18 bits per heavy atom. The van der Waals surface area contributed by atoms with Gasteiger partial charge in [-0.3, -0.25) is 0 Å². The largest absolute Gasteiger partial charge is 0.383 e. The monoisotopic (exact) mass is 232 g/mol. The van der Waals surface area contributed by atoms with Crippen LogP contribution in [-0.4, -0.2) is 24.8 Å². The number of benzene rings is 1. The molecule has 0 saturated carbocycles. The molecule has 0 aliphatic rings. The quantitative estimate of drug-likeness (QED) is 0.774. The van der Waals surface area contributed by atoms with Gasteiger partial charge in [-0.15, -0.1) is 0 Å². The lowest BCUT2D eigenvalue weighted by Crippen LogP contribution is -2.18. The Labute approximate surface area is 102 Å². The Morgan fingerprint density at radius 1 is 1.29 bits per heavy atom. The minimum atomic E-state index is 0.756. The number of aromatic nitrogens is 1. The minimum absolute atomic E-state index is 0.756. The van der Waals surface area contributed by atoms with Gasteiger partial charge in [0.15, 0.2) is 0 Å². The maximum atomic E-state index is 5.02. The van der Waals surface area contributed by atoms with Crippen molar-refractivity contribution in [1.29, 1.82) is 0 Å². The summed E-state index contributed by atoms with van der Waals surface area (Å²) in [6.45, 7) is 5.73. The molecule has 0 fully saturated rings. The van der Waals surface area contributed by atoms with Gasteiger partial charge in [0.1, 0.15) is 0 Å². The normalized spacial score (nSPS) is 11.2. The predicted octanol–water partition coefficient (Wildman–Crippen LogP) is 2.40. The van der Waals surface area contributed by atoms with E-state index in [0.717, 1.165) is 26.2 Å². The summed E-state index contributed by atoms with van der Waals surface area (Å²) in [6.07, 6.45) is 2.16. The first kappa shape index (κ1) is 12.1. The smallest absolute Gasteiger partial charge is 0.0587 e. The minimum Gasteiger partial charge on any atom is -0.383 e. The topological polar surface area (TPSA) is 26.2 Å². The molecule has 0 radical (unpaired) electrons. The van der Waals surface area contributed by atoms with Gasteiger partial charge in [0.05, 0.1) is 6.61 Å². The van der Waals surface area contributed by atoms with Crippen LogP contribution in [0.1, 0.15) is 12.5 Å². The van der Waals surface area contributed by atoms with Crippen molar-refractivity contribution < 1.29 is 4.74 Å². The zero-order valence-electron chi connectivity index (χ0n) is 10.6. The molecule has 2 rings (SSSR count). The van der Waals surface area contributed by atoms with Crippen LogP contribution >= 0.6 is 0 Å². The molecule has 3 heteroatoms. The van der Waals surface area contributed by atoms with Crippen LogP contribution in [0.5, 0.6) is 0 Å². The van der Waals surface area contributed by atoms with Crippen LogP contribution in [0, 0.1) is 0 Å². The Kier molecular flexibility index (Phi) is 4.18. The first-order valence-corrected chi connectivity index (χ1v) is 6.13. The van der Waals surface area contributed by atoms with E-state index in [0.29, 0.717) is 0 Å². The average molecular weight is 232 g/mol. The maximum absolute atomic E-state index is 5.02. The zero-order chi connectivity index (χ0) is 12.1. The molecule has 92 valence electrons. The highest BCUT2D eigenvalue weighted by atomic mass is 16.5. The first-order chi connectivity index (χ1) is 8.36. The van der Waals surface area contributed by atoms with Gasteiger partial charge in [-0.2, -0.15) is 0 Å². The SMILES string of the molecule is CCn1ccc2c(CNCCOC)cccc21. The van der Waals surface area contributed by atoms with Crippen molar-refractivity contribution in [3.8, 4) is 0 Å². The van der Waals surface area contributed by atoms with Crippen molar-refractivity contribution in [2.24, 2.45) is 0 Å². The van der Waals surface area contributed by atoms with Crippen molar-refractivity contribution in [1.82, 2.24) is 9.88 Å². The lowest BCUT2D eigenvalue weighted by Gasteiger charge is -2.07. The van der Waals surface area contributed by atoms with Crippen molar-refractivity contribution in [2.75, 3.05) is 20.3 Å². The fourth-order valence-corrected chi connectivity index (χ4v) is 2.11. The molecule has 1 N–H and O–H groups in total. The van der Waals surface area contributed by atoms with E-state index in [-0.39, 0.29) is 0 Å². The van der Waals surface area contributed by atoms with E-state index in [1.165, 1.54) is 16.5 Å². The molecule has 0 aliphatic carbocycles. The van der Waals surface area contributed by atoms with Crippen LogP contribution in [0.25, 0.3) is 10.9 Å². The lowest BCUT2D eigenvalue weighted by molar-refractivity contribution is 0.199. The summed E-state index contributed by atoms with van der Waals surface area (Å²) in [7, 11) is 1.73. The van der Waals surface area contributed by atoms with Crippen molar-refractivity contribution >= 4 is 10.9 Å². The van der Waals surface area contributed by atoms with Gasteiger partial charge in [0, 0.05) is 43.8 Å². The molecule has 17 heavy (non-hydrogen) atoms. The van der Waals surface area contributed by atoms with Gasteiger partial charge >= 0.3 is 0 Å². The van der Waals surface area contributed by atoms with E-state index < -0.39 is 0 Å². The first-order valence-electron chi connectivity index (χ1n) is 6.13. The molecule has 1 aromatic carbocycles. The number of hydrogen-bond donors (Lipinski definition) is 1. The van der Waals surface area contributed by atoms with Gasteiger partial charge in [0.25, 0.3) is 0 Å². The van der Waals surface area contributed by atoms with Crippen LogP contribution in [0.3, 0.4) is 0 Å². The van der Waals surface area contributed by atoms with Crippen molar-refractivity contribution in [2.45, 2.75) is 20.0 Å². The third-order valence-electron chi connectivity index (χ3n) is 3.04. The van der Waals surface area contributed by atoms with E-state index in [9.17, 15) is 0 Å². The number of aryl methyl sites for hydroxylation is 1. The van der Waals surface area contributed by atoms with E-state index in [1.54, 1.807) is 7.11 Å². The number of rotatable bonds is 6. The fourth-order valence-electron chi connectivity index (χ4n) is 2.11. The molecular formula is C14H20N2O. The highest BCUT2D eigenvalue weighted by molar-refractivity contribution is 5.83. The van der Waals surface area contributed by atoms with Crippen LogP contribution in [0.4, 0.5) is 0 Å². The molecule has 1 heterocycles. The second kappa shape index (κ2) is 5.84. The van der Waals surface area contributed by atoms with Gasteiger partial charge < -0.3 is 14.6 Å². The lowest BCUT2D eigenvalue weighted by atomic mass is 10.1. The summed E-state index contributed by atoms with van der Waals surface area (Å²) in [5.74, 6) is 0. The summed E-state index contributed by atoms with van der Waals surface area (Å²) < 4.78 is 7.29. The number of nitrogens with one attached hydrogen (secondary N) is 1. The second-order valence-corrected chi connectivity index (χ2v) is 4.12. The number of hydrogen-bond acceptors (Lipinski definition) is 2. The fraction of sp³-hybridized carbons (Fsp3) is 0.429. The highest BCUT2D eigenvalue weighted by Crippen LogP contribution is 2.20. The average Bonchev–Trinajstić information content (AvgIpc) is 2.78. The molecule has 3 nitrogen and oxygen atoms in total. The summed E-state index contributed by atoms with van der Waals surface area (Å²) in [6, 6.07) is 8.69. The number of ether oxygens (including phenoxy) is 1. The van der Waals surface area contributed by atoms with Crippen LogP contribution in [0.2, 0.25) is 0 Å². The van der Waals surface area contributed by atoms with E-state index in [4.69, 9.17) is 4.74 Å². The van der Waals surface area contributed by atoms with Crippen molar-refractivity contribution in [3.63, 3.8) is 0 Å². The molecule has 0 aliphatic heterocycles. The van der Waals surface area contributed by atoms with E-state index in [2.05, 4.69) is 47.3 Å². The maximum Gasteiger partial charge on any atom is 0.0587 e. The number of fused-ring (bicyclic) bond motifs is 1. The van der Waals surface area contributed by atoms with E-state index >= 15 is 0 Å². The molecule has 0 saturated heterocycles. The van der Waals surface area contributed by atoms with Gasteiger partial charge in [0.2, 0.25) is 0 Å². The summed E-state index contributed by atoms with van der Waals surface area (Å²) >= 11 is 0. The zero-order valence-corrected chi connectivity index (χ0v) is 10.6. The van der Waals surface area contributed by atoms with Gasteiger partial charge in [-0.05, 0) is 24.6 Å². The molecule has 0 bridgehead atoms. The number of methoxy groups -OCH3 is 1.